The SMILES string of the molecule is CCOC(=O)NN(C(=O)OCC)C(C)(C)C. The van der Waals surface area contributed by atoms with Gasteiger partial charge in [0.1, 0.15) is 0 Å². The molecule has 1 N–H and O–H groups in total. The molecule has 0 aromatic carbocycles. The number of nitrogens with zero attached hydrogens (tertiary/aromatic N) is 1. The van der Waals surface area contributed by atoms with E-state index < -0.39 is 17.7 Å². The Morgan fingerprint density at radius 1 is 1.12 bits per heavy atom. The molecule has 0 aromatic rings. The first-order valence-corrected chi connectivity index (χ1v) is 5.23. The van der Waals surface area contributed by atoms with E-state index >= 15 is 0 Å². The number of amides is 2. The maximum atomic E-state index is 11.6. The first kappa shape index (κ1) is 14.5. The molecule has 0 saturated carbocycles. The third kappa shape index (κ3) is 4.86. The summed E-state index contributed by atoms with van der Waals surface area (Å²) < 4.78 is 9.52. The Morgan fingerprint density at radius 2 is 1.62 bits per heavy atom. The van der Waals surface area contributed by atoms with Crippen LogP contribution in [-0.4, -0.2) is 35.9 Å². The molecule has 0 spiro atoms. The average Bonchev–Trinajstić information content (AvgIpc) is 2.13. The molecule has 6 heteroatoms. The summed E-state index contributed by atoms with van der Waals surface area (Å²) in [5.74, 6) is 0. The highest BCUT2D eigenvalue weighted by atomic mass is 16.6. The van der Waals surface area contributed by atoms with Crippen molar-refractivity contribution in [2.75, 3.05) is 13.2 Å². The van der Waals surface area contributed by atoms with Crippen LogP contribution in [0.1, 0.15) is 34.6 Å². The zero-order valence-electron chi connectivity index (χ0n) is 10.5. The van der Waals surface area contributed by atoms with Gasteiger partial charge in [-0.05, 0) is 34.6 Å². The minimum absolute atomic E-state index is 0.243. The quantitative estimate of drug-likeness (QED) is 0.738. The predicted octanol–water partition coefficient (Wildman–Crippen LogP) is 1.90. The normalized spacial score (nSPS) is 10.6. The lowest BCUT2D eigenvalue weighted by molar-refractivity contribution is 0.0353. The van der Waals surface area contributed by atoms with Crippen LogP contribution in [0.3, 0.4) is 0 Å². The number of carbonyl (C=O) groups excluding carboxylic acids is 2. The number of hydrogen-bond acceptors (Lipinski definition) is 4. The Bertz CT molecular complexity index is 248. The van der Waals surface area contributed by atoms with Crippen LogP contribution in [-0.2, 0) is 9.47 Å². The molecule has 0 fully saturated rings. The highest BCUT2D eigenvalue weighted by Gasteiger charge is 2.29. The van der Waals surface area contributed by atoms with Crippen LogP contribution in [0.2, 0.25) is 0 Å². The van der Waals surface area contributed by atoms with Crippen molar-refractivity contribution in [3.8, 4) is 0 Å². The second kappa shape index (κ2) is 6.19. The second-order valence-electron chi connectivity index (χ2n) is 4.04. The fourth-order valence-electron chi connectivity index (χ4n) is 0.930. The van der Waals surface area contributed by atoms with E-state index in [1.54, 1.807) is 34.6 Å². The molecule has 0 unspecified atom stereocenters. The zero-order valence-corrected chi connectivity index (χ0v) is 10.5. The van der Waals surface area contributed by atoms with E-state index in [1.807, 2.05) is 0 Å². The average molecular weight is 232 g/mol. The van der Waals surface area contributed by atoms with Crippen molar-refractivity contribution >= 4 is 12.2 Å². The van der Waals surface area contributed by atoms with Gasteiger partial charge >= 0.3 is 12.2 Å². The maximum Gasteiger partial charge on any atom is 0.429 e. The molecular weight excluding hydrogens is 212 g/mol. The third-order valence-electron chi connectivity index (χ3n) is 1.60. The van der Waals surface area contributed by atoms with Crippen molar-refractivity contribution in [1.82, 2.24) is 10.4 Å². The lowest BCUT2D eigenvalue weighted by Gasteiger charge is -2.33. The van der Waals surface area contributed by atoms with E-state index in [4.69, 9.17) is 9.47 Å². The van der Waals surface area contributed by atoms with Gasteiger partial charge in [0.25, 0.3) is 0 Å². The number of hydrazine groups is 1. The second-order valence-corrected chi connectivity index (χ2v) is 4.04. The number of rotatable bonds is 2. The third-order valence-corrected chi connectivity index (χ3v) is 1.60. The predicted molar refractivity (Wildman–Crippen MR) is 58.8 cm³/mol. The first-order chi connectivity index (χ1) is 7.32. The number of hydrogen-bond donors (Lipinski definition) is 1. The van der Waals surface area contributed by atoms with Crippen molar-refractivity contribution in [3.63, 3.8) is 0 Å². The summed E-state index contributed by atoms with van der Waals surface area (Å²) in [5.41, 5.74) is 1.76. The smallest absolute Gasteiger partial charge is 0.429 e. The number of carbonyl (C=O) groups is 2. The van der Waals surface area contributed by atoms with Crippen LogP contribution < -0.4 is 5.43 Å². The van der Waals surface area contributed by atoms with Crippen molar-refractivity contribution in [3.05, 3.63) is 0 Å². The van der Waals surface area contributed by atoms with Crippen molar-refractivity contribution in [2.45, 2.75) is 40.2 Å². The van der Waals surface area contributed by atoms with Crippen molar-refractivity contribution < 1.29 is 19.1 Å². The maximum absolute atomic E-state index is 11.6. The van der Waals surface area contributed by atoms with Crippen molar-refractivity contribution in [2.24, 2.45) is 0 Å². The summed E-state index contributed by atoms with van der Waals surface area (Å²) in [6.07, 6.45) is -1.28. The molecule has 0 atom stereocenters. The number of ether oxygens (including phenoxy) is 2. The topological polar surface area (TPSA) is 67.9 Å². The first-order valence-electron chi connectivity index (χ1n) is 5.23. The largest absolute Gasteiger partial charge is 0.449 e. The van der Waals surface area contributed by atoms with Gasteiger partial charge in [-0.15, -0.1) is 0 Å². The van der Waals surface area contributed by atoms with E-state index in [2.05, 4.69) is 5.43 Å². The van der Waals surface area contributed by atoms with Crippen LogP contribution in [0.5, 0.6) is 0 Å². The molecule has 0 aromatic heterocycles. The fourth-order valence-corrected chi connectivity index (χ4v) is 0.930. The molecule has 0 radical (unpaired) electrons. The van der Waals surface area contributed by atoms with Crippen LogP contribution in [0, 0.1) is 0 Å². The standard InChI is InChI=1S/C10H20N2O4/c1-6-15-8(13)11-12(10(3,4)5)9(14)16-7-2/h6-7H2,1-5H3,(H,11,13). The van der Waals surface area contributed by atoms with Gasteiger partial charge in [0, 0.05) is 0 Å². The summed E-state index contributed by atoms with van der Waals surface area (Å²) >= 11 is 0. The Labute approximate surface area is 95.9 Å². The van der Waals surface area contributed by atoms with E-state index in [-0.39, 0.29) is 13.2 Å². The van der Waals surface area contributed by atoms with E-state index in [0.717, 1.165) is 5.01 Å². The molecule has 0 aliphatic rings. The number of nitrogens with one attached hydrogen (secondary N) is 1. The van der Waals surface area contributed by atoms with E-state index in [9.17, 15) is 9.59 Å². The van der Waals surface area contributed by atoms with Gasteiger partial charge in [0.15, 0.2) is 0 Å². The van der Waals surface area contributed by atoms with E-state index in [0.29, 0.717) is 0 Å². The van der Waals surface area contributed by atoms with E-state index in [1.165, 1.54) is 0 Å². The summed E-state index contributed by atoms with van der Waals surface area (Å²) in [5, 5.41) is 1.11. The van der Waals surface area contributed by atoms with Gasteiger partial charge in [0.2, 0.25) is 0 Å². The summed E-state index contributed by atoms with van der Waals surface area (Å²) in [6, 6.07) is 0. The molecule has 0 bridgehead atoms. The molecule has 16 heavy (non-hydrogen) atoms. The summed E-state index contributed by atoms with van der Waals surface area (Å²) in [4.78, 5) is 22.8. The molecule has 6 nitrogen and oxygen atoms in total. The van der Waals surface area contributed by atoms with Gasteiger partial charge < -0.3 is 9.47 Å². The summed E-state index contributed by atoms with van der Waals surface area (Å²) in [6.45, 7) is 9.19. The molecule has 94 valence electrons. The Hall–Kier alpha value is -1.46. The minimum Gasteiger partial charge on any atom is -0.449 e. The van der Waals surface area contributed by atoms with Gasteiger partial charge in [-0.25, -0.2) is 20.0 Å². The van der Waals surface area contributed by atoms with Gasteiger partial charge in [0.05, 0.1) is 18.8 Å². The lowest BCUT2D eigenvalue weighted by Crippen LogP contribution is -2.56. The van der Waals surface area contributed by atoms with Crippen molar-refractivity contribution in [1.29, 1.82) is 0 Å². The Kier molecular flexibility index (Phi) is 5.63. The molecule has 0 aliphatic heterocycles. The molecule has 0 heterocycles. The molecule has 0 aliphatic carbocycles. The van der Waals surface area contributed by atoms with Crippen LogP contribution >= 0.6 is 0 Å². The molecular formula is C10H20N2O4. The van der Waals surface area contributed by atoms with Gasteiger partial charge in [-0.2, -0.15) is 0 Å². The Balaban J connectivity index is 4.57. The minimum atomic E-state index is -0.675. The fraction of sp³-hybridized carbons (Fsp3) is 0.800. The molecule has 0 saturated heterocycles. The highest BCUT2D eigenvalue weighted by Crippen LogP contribution is 2.12. The molecule has 2 amide bonds. The Morgan fingerprint density at radius 3 is 2.00 bits per heavy atom. The highest BCUT2D eigenvalue weighted by molar-refractivity contribution is 5.74. The molecule has 0 rings (SSSR count). The lowest BCUT2D eigenvalue weighted by atomic mass is 10.1. The van der Waals surface area contributed by atoms with Gasteiger partial charge in [-0.3, -0.25) is 0 Å². The van der Waals surface area contributed by atoms with Gasteiger partial charge in [-0.1, -0.05) is 0 Å². The van der Waals surface area contributed by atoms with Crippen LogP contribution in [0.25, 0.3) is 0 Å². The summed E-state index contributed by atoms with van der Waals surface area (Å²) in [7, 11) is 0. The zero-order chi connectivity index (χ0) is 12.8. The van der Waals surface area contributed by atoms with Crippen LogP contribution in [0.4, 0.5) is 9.59 Å². The van der Waals surface area contributed by atoms with Crippen LogP contribution in [0.15, 0.2) is 0 Å². The monoisotopic (exact) mass is 232 g/mol.